The highest BCUT2D eigenvalue weighted by Gasteiger charge is 2.32. The molecular weight excluding hydrogens is 150 g/mol. The van der Waals surface area contributed by atoms with E-state index in [-0.39, 0.29) is 12.1 Å². The Labute approximate surface area is 75.2 Å². The molecule has 1 rings (SSSR count). The van der Waals surface area contributed by atoms with Crippen LogP contribution in [0.5, 0.6) is 0 Å². The molecule has 0 spiro atoms. The number of aliphatic hydroxyl groups excluding tert-OH is 1. The Morgan fingerprint density at radius 3 is 2.33 bits per heavy atom. The van der Waals surface area contributed by atoms with Gasteiger partial charge in [-0.25, -0.2) is 0 Å². The van der Waals surface area contributed by atoms with Crippen molar-refractivity contribution in [1.29, 1.82) is 0 Å². The Morgan fingerprint density at radius 1 is 1.33 bits per heavy atom. The lowest BCUT2D eigenvalue weighted by molar-refractivity contribution is 0.0391. The Balaban J connectivity index is 2.53. The van der Waals surface area contributed by atoms with E-state index < -0.39 is 0 Å². The van der Waals surface area contributed by atoms with Crippen LogP contribution in [0.4, 0.5) is 0 Å². The van der Waals surface area contributed by atoms with Gasteiger partial charge < -0.3 is 10.8 Å². The standard InChI is InChI=1S/C10H21NO/c1-6(2)8-4-7(3)10(11)9(12)5-8/h6-10,12H,4-5,11H2,1-3H3/t7?,8-,9+,10+/m1/s1. The summed E-state index contributed by atoms with van der Waals surface area (Å²) in [5, 5.41) is 9.64. The molecule has 12 heavy (non-hydrogen) atoms. The molecule has 3 N–H and O–H groups in total. The van der Waals surface area contributed by atoms with Gasteiger partial charge in [0.05, 0.1) is 6.10 Å². The average Bonchev–Trinajstić information content (AvgIpc) is 1.99. The van der Waals surface area contributed by atoms with E-state index in [1.165, 1.54) is 6.42 Å². The van der Waals surface area contributed by atoms with E-state index in [9.17, 15) is 5.11 Å². The van der Waals surface area contributed by atoms with Gasteiger partial charge in [0.1, 0.15) is 0 Å². The summed E-state index contributed by atoms with van der Waals surface area (Å²) in [7, 11) is 0. The zero-order valence-electron chi connectivity index (χ0n) is 8.33. The van der Waals surface area contributed by atoms with E-state index in [2.05, 4.69) is 20.8 Å². The number of aliphatic hydroxyl groups is 1. The van der Waals surface area contributed by atoms with E-state index in [0.717, 1.165) is 6.42 Å². The summed E-state index contributed by atoms with van der Waals surface area (Å²) in [5.74, 6) is 1.81. The van der Waals surface area contributed by atoms with Crippen LogP contribution in [-0.2, 0) is 0 Å². The van der Waals surface area contributed by atoms with Gasteiger partial charge in [-0.3, -0.25) is 0 Å². The second-order valence-electron chi connectivity index (χ2n) is 4.60. The van der Waals surface area contributed by atoms with Crippen LogP contribution >= 0.6 is 0 Å². The van der Waals surface area contributed by atoms with Crippen molar-refractivity contribution in [2.24, 2.45) is 23.5 Å². The largest absolute Gasteiger partial charge is 0.391 e. The Hall–Kier alpha value is -0.0800. The molecule has 1 aliphatic rings. The van der Waals surface area contributed by atoms with Crippen LogP contribution in [0.15, 0.2) is 0 Å². The van der Waals surface area contributed by atoms with Crippen molar-refractivity contribution in [1.82, 2.24) is 0 Å². The second kappa shape index (κ2) is 3.75. The molecule has 0 radical (unpaired) electrons. The molecule has 0 bridgehead atoms. The van der Waals surface area contributed by atoms with Gasteiger partial charge in [-0.2, -0.15) is 0 Å². The van der Waals surface area contributed by atoms with Crippen molar-refractivity contribution >= 4 is 0 Å². The van der Waals surface area contributed by atoms with E-state index in [1.54, 1.807) is 0 Å². The molecule has 0 aromatic rings. The molecule has 2 nitrogen and oxygen atoms in total. The lowest BCUT2D eigenvalue weighted by Crippen LogP contribution is -2.46. The minimum absolute atomic E-state index is 0.000000000000000222. The SMILES string of the molecule is CC(C)[C@@H]1CC(C)[C@H](N)[C@@H](O)C1. The molecule has 1 fully saturated rings. The highest BCUT2D eigenvalue weighted by atomic mass is 16.3. The number of rotatable bonds is 1. The van der Waals surface area contributed by atoms with Crippen molar-refractivity contribution in [3.63, 3.8) is 0 Å². The van der Waals surface area contributed by atoms with Crippen LogP contribution < -0.4 is 5.73 Å². The van der Waals surface area contributed by atoms with Gasteiger partial charge in [0.25, 0.3) is 0 Å². The molecule has 1 saturated carbocycles. The summed E-state index contributed by atoms with van der Waals surface area (Å²) in [5.41, 5.74) is 5.83. The Morgan fingerprint density at radius 2 is 1.92 bits per heavy atom. The van der Waals surface area contributed by atoms with E-state index in [4.69, 9.17) is 5.73 Å². The normalized spacial score (nSPS) is 43.5. The molecule has 4 atom stereocenters. The predicted octanol–water partition coefficient (Wildman–Crippen LogP) is 1.38. The van der Waals surface area contributed by atoms with Crippen LogP contribution in [0.3, 0.4) is 0 Å². The van der Waals surface area contributed by atoms with Gasteiger partial charge >= 0.3 is 0 Å². The van der Waals surface area contributed by atoms with E-state index >= 15 is 0 Å². The third-order valence-corrected chi connectivity index (χ3v) is 3.26. The zero-order chi connectivity index (χ0) is 9.30. The van der Waals surface area contributed by atoms with E-state index in [1.807, 2.05) is 0 Å². The molecule has 2 heteroatoms. The first-order valence-electron chi connectivity index (χ1n) is 4.96. The first-order valence-corrected chi connectivity index (χ1v) is 4.96. The second-order valence-corrected chi connectivity index (χ2v) is 4.60. The monoisotopic (exact) mass is 171 g/mol. The first-order chi connectivity index (χ1) is 5.52. The van der Waals surface area contributed by atoms with Gasteiger partial charge in [0.2, 0.25) is 0 Å². The van der Waals surface area contributed by atoms with Gasteiger partial charge in [-0.05, 0) is 30.6 Å². The molecule has 0 aromatic heterocycles. The van der Waals surface area contributed by atoms with Crippen LogP contribution in [0.2, 0.25) is 0 Å². The maximum atomic E-state index is 9.64. The van der Waals surface area contributed by atoms with Gasteiger partial charge in [-0.15, -0.1) is 0 Å². The van der Waals surface area contributed by atoms with Crippen molar-refractivity contribution < 1.29 is 5.11 Å². The molecule has 0 saturated heterocycles. The minimum atomic E-state index is -0.277. The zero-order valence-corrected chi connectivity index (χ0v) is 8.33. The van der Waals surface area contributed by atoms with Crippen molar-refractivity contribution in [2.45, 2.75) is 45.8 Å². The van der Waals surface area contributed by atoms with Crippen molar-refractivity contribution in [3.8, 4) is 0 Å². The summed E-state index contributed by atoms with van der Waals surface area (Å²) in [6, 6.07) is -0.000000000000000222. The van der Waals surface area contributed by atoms with Crippen LogP contribution in [0, 0.1) is 17.8 Å². The summed E-state index contributed by atoms with van der Waals surface area (Å²) >= 11 is 0. The minimum Gasteiger partial charge on any atom is -0.391 e. The van der Waals surface area contributed by atoms with Crippen LogP contribution in [0.25, 0.3) is 0 Å². The Kier molecular flexibility index (Phi) is 3.13. The fourth-order valence-corrected chi connectivity index (χ4v) is 2.12. The topological polar surface area (TPSA) is 46.2 Å². The molecule has 1 aliphatic carbocycles. The third kappa shape index (κ3) is 1.99. The predicted molar refractivity (Wildman–Crippen MR) is 50.7 cm³/mol. The van der Waals surface area contributed by atoms with E-state index in [0.29, 0.717) is 17.8 Å². The molecule has 0 aromatic carbocycles. The highest BCUT2D eigenvalue weighted by Crippen LogP contribution is 2.32. The molecule has 0 amide bonds. The molecular formula is C10H21NO. The first kappa shape index (κ1) is 10.0. The lowest BCUT2D eigenvalue weighted by Gasteiger charge is -2.37. The maximum Gasteiger partial charge on any atom is 0.0696 e. The Bertz CT molecular complexity index is 135. The van der Waals surface area contributed by atoms with Crippen LogP contribution in [0.1, 0.15) is 33.6 Å². The summed E-state index contributed by atoms with van der Waals surface area (Å²) in [6.07, 6.45) is 1.79. The van der Waals surface area contributed by atoms with Crippen molar-refractivity contribution in [3.05, 3.63) is 0 Å². The van der Waals surface area contributed by atoms with Crippen molar-refractivity contribution in [2.75, 3.05) is 0 Å². The average molecular weight is 171 g/mol. The summed E-state index contributed by atoms with van der Waals surface area (Å²) in [4.78, 5) is 0. The smallest absolute Gasteiger partial charge is 0.0696 e. The highest BCUT2D eigenvalue weighted by molar-refractivity contribution is 4.87. The molecule has 0 aliphatic heterocycles. The third-order valence-electron chi connectivity index (χ3n) is 3.26. The number of hydrogen-bond acceptors (Lipinski definition) is 2. The number of nitrogens with two attached hydrogens (primary N) is 1. The summed E-state index contributed by atoms with van der Waals surface area (Å²) < 4.78 is 0. The van der Waals surface area contributed by atoms with Crippen LogP contribution in [-0.4, -0.2) is 17.3 Å². The molecule has 1 unspecified atom stereocenters. The van der Waals surface area contributed by atoms with Gasteiger partial charge in [-0.1, -0.05) is 20.8 Å². The summed E-state index contributed by atoms with van der Waals surface area (Å²) in [6.45, 7) is 6.59. The quantitative estimate of drug-likeness (QED) is 0.626. The molecule has 72 valence electrons. The number of hydrogen-bond donors (Lipinski definition) is 2. The fraction of sp³-hybridized carbons (Fsp3) is 1.00. The maximum absolute atomic E-state index is 9.64. The fourth-order valence-electron chi connectivity index (χ4n) is 2.12. The molecule has 0 heterocycles. The van der Waals surface area contributed by atoms with Gasteiger partial charge in [0, 0.05) is 6.04 Å². The lowest BCUT2D eigenvalue weighted by atomic mass is 9.73. The van der Waals surface area contributed by atoms with Gasteiger partial charge in [0.15, 0.2) is 0 Å².